The van der Waals surface area contributed by atoms with Crippen LogP contribution < -0.4 is 10.6 Å². The van der Waals surface area contributed by atoms with Crippen molar-refractivity contribution in [3.8, 4) is 0 Å². The molecule has 2 aromatic carbocycles. The second-order valence-electron chi connectivity index (χ2n) is 7.67. The number of fused-ring (bicyclic) bond motifs is 3. The van der Waals surface area contributed by atoms with Crippen LogP contribution in [0, 0.1) is 0 Å². The van der Waals surface area contributed by atoms with E-state index < -0.39 is 11.9 Å². The molecule has 0 saturated heterocycles. The maximum atomic E-state index is 12.9. The summed E-state index contributed by atoms with van der Waals surface area (Å²) in [6, 6.07) is 16.1. The number of hydrogen-bond donors (Lipinski definition) is 2. The highest BCUT2D eigenvalue weighted by Crippen LogP contribution is 2.34. The molecule has 0 spiro atoms. The SMILES string of the molecule is COCCNC(=O)CSC1=Nc2ccccc2C2=NC(=O)C(CC(=O)NCc3ccccc3)N12. The summed E-state index contributed by atoms with van der Waals surface area (Å²) in [6.45, 7) is 1.20. The van der Waals surface area contributed by atoms with Crippen LogP contribution in [0.25, 0.3) is 0 Å². The predicted molar refractivity (Wildman–Crippen MR) is 131 cm³/mol. The number of carbonyl (C=O) groups excluding carboxylic acids is 3. The van der Waals surface area contributed by atoms with Crippen molar-refractivity contribution in [1.82, 2.24) is 15.5 Å². The van der Waals surface area contributed by atoms with Crippen LogP contribution in [-0.2, 0) is 25.7 Å². The number of amides is 3. The number of thioether (sulfide) groups is 1. The molecule has 34 heavy (non-hydrogen) atoms. The Bertz CT molecular complexity index is 1140. The van der Waals surface area contributed by atoms with Crippen molar-refractivity contribution in [2.45, 2.75) is 19.0 Å². The maximum Gasteiger partial charge on any atom is 0.271 e. The lowest BCUT2D eigenvalue weighted by atomic mass is 10.1. The van der Waals surface area contributed by atoms with Crippen LogP contribution in [0.1, 0.15) is 17.5 Å². The van der Waals surface area contributed by atoms with Crippen LogP contribution in [0.3, 0.4) is 0 Å². The van der Waals surface area contributed by atoms with Gasteiger partial charge in [-0.2, -0.15) is 4.99 Å². The van der Waals surface area contributed by atoms with Crippen LogP contribution in [0.2, 0.25) is 0 Å². The van der Waals surface area contributed by atoms with Gasteiger partial charge >= 0.3 is 0 Å². The largest absolute Gasteiger partial charge is 0.383 e. The summed E-state index contributed by atoms with van der Waals surface area (Å²) in [5, 5.41) is 6.09. The first-order chi connectivity index (χ1) is 16.6. The first kappa shape index (κ1) is 23.7. The van der Waals surface area contributed by atoms with Crippen LogP contribution in [0.5, 0.6) is 0 Å². The van der Waals surface area contributed by atoms with Crippen molar-refractivity contribution in [1.29, 1.82) is 0 Å². The fourth-order valence-corrected chi connectivity index (χ4v) is 4.50. The van der Waals surface area contributed by atoms with Crippen molar-refractivity contribution in [2.24, 2.45) is 9.98 Å². The molecule has 1 atom stereocenters. The smallest absolute Gasteiger partial charge is 0.271 e. The number of carbonyl (C=O) groups is 3. The molecule has 0 aromatic heterocycles. The van der Waals surface area contributed by atoms with Gasteiger partial charge in [0.25, 0.3) is 5.91 Å². The second kappa shape index (κ2) is 11.1. The second-order valence-corrected chi connectivity index (χ2v) is 8.61. The number of amidine groups is 2. The van der Waals surface area contributed by atoms with Crippen molar-refractivity contribution < 1.29 is 19.1 Å². The Balaban J connectivity index is 1.48. The molecule has 2 aromatic rings. The van der Waals surface area contributed by atoms with Gasteiger partial charge in [-0.05, 0) is 17.7 Å². The Morgan fingerprint density at radius 3 is 2.59 bits per heavy atom. The van der Waals surface area contributed by atoms with E-state index in [0.29, 0.717) is 36.4 Å². The molecule has 2 aliphatic heterocycles. The maximum absolute atomic E-state index is 12.9. The number of ether oxygens (including phenoxy) is 1. The molecule has 2 aliphatic rings. The van der Waals surface area contributed by atoms with Gasteiger partial charge in [0, 0.05) is 25.8 Å². The normalized spacial score (nSPS) is 16.3. The van der Waals surface area contributed by atoms with Gasteiger partial charge in [-0.3, -0.25) is 19.3 Å². The summed E-state index contributed by atoms with van der Waals surface area (Å²) >= 11 is 1.20. The van der Waals surface area contributed by atoms with Crippen LogP contribution >= 0.6 is 11.8 Å². The summed E-state index contributed by atoms with van der Waals surface area (Å²) in [5.41, 5.74) is 2.36. The number of nitrogens with zero attached hydrogens (tertiary/aromatic N) is 3. The van der Waals surface area contributed by atoms with Crippen LogP contribution in [0.4, 0.5) is 5.69 Å². The molecule has 9 nitrogen and oxygen atoms in total. The standard InChI is InChI=1S/C24H25N5O4S/c1-33-12-11-25-21(31)15-34-24-27-18-10-6-5-9-17(18)22-28-23(32)19(29(22)24)13-20(30)26-14-16-7-3-2-4-8-16/h2-10,19H,11-15H2,1H3,(H,25,31)(H,26,30). The molecule has 0 saturated carbocycles. The van der Waals surface area contributed by atoms with Crippen LogP contribution in [-0.4, -0.2) is 65.7 Å². The third kappa shape index (κ3) is 5.52. The molecule has 0 radical (unpaired) electrons. The third-order valence-electron chi connectivity index (χ3n) is 5.28. The van der Waals surface area contributed by atoms with Crippen molar-refractivity contribution in [2.75, 3.05) is 26.0 Å². The van der Waals surface area contributed by atoms with E-state index in [1.807, 2.05) is 54.6 Å². The molecule has 10 heteroatoms. The molecule has 2 heterocycles. The zero-order valence-corrected chi connectivity index (χ0v) is 19.5. The Kier molecular flexibility index (Phi) is 7.71. The van der Waals surface area contributed by atoms with E-state index in [2.05, 4.69) is 20.6 Å². The van der Waals surface area contributed by atoms with Gasteiger partial charge in [-0.1, -0.05) is 54.2 Å². The fraction of sp³-hybridized carbons (Fsp3) is 0.292. The minimum Gasteiger partial charge on any atom is -0.383 e. The predicted octanol–water partition coefficient (Wildman–Crippen LogP) is 1.85. The van der Waals surface area contributed by atoms with Crippen LogP contribution in [0.15, 0.2) is 64.6 Å². The minimum absolute atomic E-state index is 0.0690. The molecule has 2 N–H and O–H groups in total. The Morgan fingerprint density at radius 1 is 1.03 bits per heavy atom. The number of methoxy groups -OCH3 is 1. The van der Waals surface area contributed by atoms with Gasteiger partial charge in [0.05, 0.1) is 24.5 Å². The summed E-state index contributed by atoms with van der Waals surface area (Å²) in [5.74, 6) is -0.280. The summed E-state index contributed by atoms with van der Waals surface area (Å²) in [7, 11) is 1.57. The molecule has 176 valence electrons. The molecule has 4 rings (SSSR count). The quantitative estimate of drug-likeness (QED) is 0.531. The zero-order valence-electron chi connectivity index (χ0n) is 18.7. The Hall–Kier alpha value is -3.50. The fourth-order valence-electron chi connectivity index (χ4n) is 3.62. The molecule has 0 fully saturated rings. The Labute approximate surface area is 201 Å². The number of rotatable bonds is 9. The van der Waals surface area contributed by atoms with Crippen molar-refractivity contribution >= 4 is 46.2 Å². The zero-order chi connectivity index (χ0) is 23.9. The number of nitrogens with one attached hydrogen (secondary N) is 2. The Morgan fingerprint density at radius 2 is 1.79 bits per heavy atom. The van der Waals surface area contributed by atoms with Gasteiger partial charge in [-0.15, -0.1) is 0 Å². The average Bonchev–Trinajstić information content (AvgIpc) is 3.18. The summed E-state index contributed by atoms with van der Waals surface area (Å²) in [6.07, 6.45) is -0.0690. The van der Waals surface area contributed by atoms with Crippen molar-refractivity contribution in [3.63, 3.8) is 0 Å². The highest BCUT2D eigenvalue weighted by atomic mass is 32.2. The molecular weight excluding hydrogens is 454 g/mol. The van der Waals surface area contributed by atoms with Gasteiger partial charge < -0.3 is 15.4 Å². The average molecular weight is 480 g/mol. The molecule has 0 bridgehead atoms. The third-order valence-corrected chi connectivity index (χ3v) is 6.23. The number of benzene rings is 2. The number of hydrogen-bond acceptors (Lipinski definition) is 7. The molecule has 0 aliphatic carbocycles. The monoisotopic (exact) mass is 479 g/mol. The molecular formula is C24H25N5O4S. The molecule has 1 unspecified atom stereocenters. The number of para-hydroxylation sites is 1. The van der Waals surface area contributed by atoms with E-state index >= 15 is 0 Å². The van der Waals surface area contributed by atoms with Gasteiger partial charge in [-0.25, -0.2) is 4.99 Å². The van der Waals surface area contributed by atoms with E-state index in [1.165, 1.54) is 11.8 Å². The first-order valence-electron chi connectivity index (χ1n) is 10.9. The highest BCUT2D eigenvalue weighted by Gasteiger charge is 2.42. The number of aliphatic imine (C=N–C) groups is 2. The lowest BCUT2D eigenvalue weighted by molar-refractivity contribution is -0.126. The van der Waals surface area contributed by atoms with E-state index in [9.17, 15) is 14.4 Å². The summed E-state index contributed by atoms with van der Waals surface area (Å²) < 4.78 is 4.95. The van der Waals surface area contributed by atoms with Gasteiger partial charge in [0.2, 0.25) is 11.8 Å². The van der Waals surface area contributed by atoms with Gasteiger partial charge in [0.1, 0.15) is 11.9 Å². The van der Waals surface area contributed by atoms with Gasteiger partial charge in [0.15, 0.2) is 5.17 Å². The van der Waals surface area contributed by atoms with E-state index in [1.54, 1.807) is 12.0 Å². The topological polar surface area (TPSA) is 112 Å². The highest BCUT2D eigenvalue weighted by molar-refractivity contribution is 8.14. The van der Waals surface area contributed by atoms with E-state index in [-0.39, 0.29) is 24.0 Å². The lowest BCUT2D eigenvalue weighted by Crippen LogP contribution is -2.46. The summed E-state index contributed by atoms with van der Waals surface area (Å²) in [4.78, 5) is 48.4. The van der Waals surface area contributed by atoms with Crippen molar-refractivity contribution in [3.05, 3.63) is 65.7 Å². The first-order valence-corrected chi connectivity index (χ1v) is 11.8. The van der Waals surface area contributed by atoms with E-state index in [0.717, 1.165) is 11.1 Å². The van der Waals surface area contributed by atoms with E-state index in [4.69, 9.17) is 4.74 Å². The lowest BCUT2D eigenvalue weighted by Gasteiger charge is -2.30. The minimum atomic E-state index is -0.818. The molecule has 3 amide bonds.